The van der Waals surface area contributed by atoms with E-state index in [9.17, 15) is 14.9 Å². The fourth-order valence-corrected chi connectivity index (χ4v) is 3.98. The number of hydrogen-bond donors (Lipinski definition) is 0. The molecule has 0 atom stereocenters. The minimum atomic E-state index is -0.465. The lowest BCUT2D eigenvalue weighted by atomic mass is 9.89. The molecule has 9 heteroatoms. The Morgan fingerprint density at radius 1 is 1.33 bits per heavy atom. The molecular formula is C21H20ClN3O5. The third-order valence-electron chi connectivity index (χ3n) is 5.24. The normalized spacial score (nSPS) is 15.6. The second kappa shape index (κ2) is 8.31. The van der Waals surface area contributed by atoms with Crippen molar-refractivity contribution < 1.29 is 19.2 Å². The first-order chi connectivity index (χ1) is 14.5. The molecule has 30 heavy (non-hydrogen) atoms. The lowest BCUT2D eigenvalue weighted by Crippen LogP contribution is -2.37. The van der Waals surface area contributed by atoms with Crippen molar-refractivity contribution in [2.75, 3.05) is 19.7 Å². The largest absolute Gasteiger partial charge is 0.488 e. The number of carbonyl (C=O) groups excluding carboxylic acids is 1. The predicted octanol–water partition coefficient (Wildman–Crippen LogP) is 4.59. The van der Waals surface area contributed by atoms with Crippen LogP contribution in [-0.4, -0.2) is 40.6 Å². The van der Waals surface area contributed by atoms with Crippen LogP contribution in [0.15, 0.2) is 36.0 Å². The highest BCUT2D eigenvalue weighted by Gasteiger charge is 2.28. The molecule has 2 aromatic rings. The molecule has 8 nitrogen and oxygen atoms in total. The fraction of sp³-hybridized carbons (Fsp3) is 0.333. The molecule has 1 aromatic carbocycles. The molecule has 2 aliphatic heterocycles. The second-order valence-electron chi connectivity index (χ2n) is 7.05. The summed E-state index contributed by atoms with van der Waals surface area (Å²) in [6, 6.07) is 6.92. The SMILES string of the molecule is CCOC(=O)N1CCC(=C2c3ccc(Cl)cc3OCc3cc([N+](=O)[O-])cnc32)CC1. The van der Waals surface area contributed by atoms with Crippen LogP contribution in [0.25, 0.3) is 5.57 Å². The van der Waals surface area contributed by atoms with E-state index < -0.39 is 4.92 Å². The molecule has 1 aromatic heterocycles. The minimum absolute atomic E-state index is 0.0807. The van der Waals surface area contributed by atoms with Crippen LogP contribution in [-0.2, 0) is 11.3 Å². The molecule has 0 spiro atoms. The topological polar surface area (TPSA) is 94.8 Å². The first-order valence-corrected chi connectivity index (χ1v) is 10.1. The molecule has 0 N–H and O–H groups in total. The van der Waals surface area contributed by atoms with Gasteiger partial charge in [0.25, 0.3) is 5.69 Å². The number of likely N-dealkylation sites (tertiary alicyclic amines) is 1. The number of fused-ring (bicyclic) bond motifs is 2. The Kier molecular flexibility index (Phi) is 5.59. The Hall–Kier alpha value is -3.13. The summed E-state index contributed by atoms with van der Waals surface area (Å²) in [6.07, 6.45) is 2.25. The van der Waals surface area contributed by atoms with Gasteiger partial charge in [-0.3, -0.25) is 10.1 Å². The van der Waals surface area contributed by atoms with Crippen LogP contribution < -0.4 is 4.74 Å². The molecule has 0 aliphatic carbocycles. The fourth-order valence-electron chi connectivity index (χ4n) is 3.82. The molecule has 3 heterocycles. The molecule has 156 valence electrons. The van der Waals surface area contributed by atoms with Gasteiger partial charge in [0.15, 0.2) is 0 Å². The van der Waals surface area contributed by atoms with Crippen molar-refractivity contribution in [3.05, 3.63) is 68.0 Å². The van der Waals surface area contributed by atoms with E-state index in [4.69, 9.17) is 21.1 Å². The number of pyridine rings is 1. The molecule has 1 saturated heterocycles. The Bertz CT molecular complexity index is 1040. The number of carbonyl (C=O) groups is 1. The van der Waals surface area contributed by atoms with E-state index in [1.165, 1.54) is 12.3 Å². The van der Waals surface area contributed by atoms with Gasteiger partial charge in [0.1, 0.15) is 18.6 Å². The summed E-state index contributed by atoms with van der Waals surface area (Å²) in [5.74, 6) is 0.610. The number of hydrogen-bond acceptors (Lipinski definition) is 6. The predicted molar refractivity (Wildman–Crippen MR) is 111 cm³/mol. The highest BCUT2D eigenvalue weighted by Crippen LogP contribution is 2.41. The van der Waals surface area contributed by atoms with Crippen LogP contribution in [0.1, 0.15) is 36.6 Å². The van der Waals surface area contributed by atoms with Crippen molar-refractivity contribution in [3.8, 4) is 5.75 Å². The number of piperidine rings is 1. The summed E-state index contributed by atoms with van der Waals surface area (Å²) < 4.78 is 11.0. The zero-order chi connectivity index (χ0) is 21.3. The van der Waals surface area contributed by atoms with E-state index in [0.29, 0.717) is 54.6 Å². The number of halogens is 1. The van der Waals surface area contributed by atoms with Gasteiger partial charge in [-0.2, -0.15) is 0 Å². The van der Waals surface area contributed by atoms with Gasteiger partial charge in [0, 0.05) is 40.9 Å². The third-order valence-corrected chi connectivity index (χ3v) is 5.48. The second-order valence-corrected chi connectivity index (χ2v) is 7.49. The number of ether oxygens (including phenoxy) is 2. The molecule has 4 rings (SSSR count). The van der Waals surface area contributed by atoms with Gasteiger partial charge in [0.05, 0.1) is 17.2 Å². The third kappa shape index (κ3) is 3.82. The Balaban J connectivity index is 1.79. The van der Waals surface area contributed by atoms with Crippen LogP contribution >= 0.6 is 11.6 Å². The summed E-state index contributed by atoms with van der Waals surface area (Å²) in [7, 11) is 0. The first kappa shape index (κ1) is 20.2. The number of nitrogens with zero attached hydrogens (tertiary/aromatic N) is 3. The van der Waals surface area contributed by atoms with Crippen LogP contribution in [0.4, 0.5) is 10.5 Å². The number of aromatic nitrogens is 1. The molecule has 0 unspecified atom stereocenters. The van der Waals surface area contributed by atoms with Crippen molar-refractivity contribution in [3.63, 3.8) is 0 Å². The van der Waals surface area contributed by atoms with E-state index in [0.717, 1.165) is 16.7 Å². The summed E-state index contributed by atoms with van der Waals surface area (Å²) in [4.78, 5) is 28.9. The van der Waals surface area contributed by atoms with E-state index in [1.54, 1.807) is 24.0 Å². The highest BCUT2D eigenvalue weighted by molar-refractivity contribution is 6.30. The van der Waals surface area contributed by atoms with E-state index in [-0.39, 0.29) is 18.4 Å². The molecule has 0 saturated carbocycles. The van der Waals surface area contributed by atoms with Crippen LogP contribution in [0, 0.1) is 10.1 Å². The maximum absolute atomic E-state index is 12.0. The summed E-state index contributed by atoms with van der Waals surface area (Å²) in [6.45, 7) is 3.34. The van der Waals surface area contributed by atoms with Crippen molar-refractivity contribution in [2.24, 2.45) is 0 Å². The van der Waals surface area contributed by atoms with Crippen molar-refractivity contribution >= 4 is 29.0 Å². The zero-order valence-electron chi connectivity index (χ0n) is 16.4. The van der Waals surface area contributed by atoms with Gasteiger partial charge in [-0.15, -0.1) is 0 Å². The summed E-state index contributed by atoms with van der Waals surface area (Å²) in [5, 5.41) is 11.8. The summed E-state index contributed by atoms with van der Waals surface area (Å²) >= 11 is 6.17. The monoisotopic (exact) mass is 429 g/mol. The summed E-state index contributed by atoms with van der Waals surface area (Å²) in [5.41, 5.74) is 4.09. The Morgan fingerprint density at radius 3 is 2.80 bits per heavy atom. The van der Waals surface area contributed by atoms with Crippen LogP contribution in [0.3, 0.4) is 0 Å². The quantitative estimate of drug-likeness (QED) is 0.511. The average Bonchev–Trinajstić information content (AvgIpc) is 2.90. The maximum Gasteiger partial charge on any atom is 0.409 e. The van der Waals surface area contributed by atoms with Gasteiger partial charge in [0.2, 0.25) is 0 Å². The van der Waals surface area contributed by atoms with Gasteiger partial charge in [-0.05, 0) is 38.0 Å². The van der Waals surface area contributed by atoms with Crippen molar-refractivity contribution in [1.82, 2.24) is 9.88 Å². The van der Waals surface area contributed by atoms with E-state index in [2.05, 4.69) is 4.98 Å². The molecule has 2 aliphatic rings. The smallest absolute Gasteiger partial charge is 0.409 e. The molecule has 0 radical (unpaired) electrons. The minimum Gasteiger partial charge on any atom is -0.488 e. The first-order valence-electron chi connectivity index (χ1n) is 9.68. The van der Waals surface area contributed by atoms with Gasteiger partial charge < -0.3 is 14.4 Å². The zero-order valence-corrected chi connectivity index (χ0v) is 17.1. The lowest BCUT2D eigenvalue weighted by molar-refractivity contribution is -0.385. The molecular weight excluding hydrogens is 410 g/mol. The van der Waals surface area contributed by atoms with Gasteiger partial charge in [-0.25, -0.2) is 9.78 Å². The number of nitro groups is 1. The van der Waals surface area contributed by atoms with Crippen molar-refractivity contribution in [2.45, 2.75) is 26.4 Å². The van der Waals surface area contributed by atoms with Crippen LogP contribution in [0.5, 0.6) is 5.75 Å². The van der Waals surface area contributed by atoms with E-state index in [1.807, 2.05) is 6.07 Å². The average molecular weight is 430 g/mol. The molecule has 0 bridgehead atoms. The van der Waals surface area contributed by atoms with Crippen LogP contribution in [0.2, 0.25) is 5.02 Å². The van der Waals surface area contributed by atoms with Gasteiger partial charge in [-0.1, -0.05) is 17.2 Å². The Morgan fingerprint density at radius 2 is 2.10 bits per heavy atom. The standard InChI is InChI=1S/C21H20ClN3O5/c1-2-29-21(26)24-7-5-13(6-8-24)19-17-4-3-15(22)10-18(17)30-12-14-9-16(25(27)28)11-23-20(14)19/h3-4,9-11H,2,5-8,12H2,1H3. The maximum atomic E-state index is 12.0. The highest BCUT2D eigenvalue weighted by atomic mass is 35.5. The molecule has 1 amide bonds. The Labute approximate surface area is 178 Å². The number of benzene rings is 1. The van der Waals surface area contributed by atoms with Gasteiger partial charge >= 0.3 is 6.09 Å². The van der Waals surface area contributed by atoms with Crippen molar-refractivity contribution in [1.29, 1.82) is 0 Å². The number of amides is 1. The number of rotatable bonds is 2. The lowest BCUT2D eigenvalue weighted by Gasteiger charge is -2.29. The molecule has 1 fully saturated rings. The van der Waals surface area contributed by atoms with E-state index >= 15 is 0 Å².